The molecule has 0 radical (unpaired) electrons. The summed E-state index contributed by atoms with van der Waals surface area (Å²) in [6, 6.07) is 3.56. The predicted octanol–water partition coefficient (Wildman–Crippen LogP) is 2.22. The van der Waals surface area contributed by atoms with Crippen molar-refractivity contribution in [2.75, 3.05) is 45.4 Å². The van der Waals surface area contributed by atoms with Crippen LogP contribution in [0.2, 0.25) is 0 Å². The van der Waals surface area contributed by atoms with Gasteiger partial charge < -0.3 is 14.4 Å². The molecule has 0 atom stereocenters. The molecule has 1 rings (SSSR count). The highest BCUT2D eigenvalue weighted by Crippen LogP contribution is 2.23. The Labute approximate surface area is 117 Å². The molecule has 0 heterocycles. The fourth-order valence-corrected chi connectivity index (χ4v) is 1.82. The first-order chi connectivity index (χ1) is 9.58. The highest BCUT2D eigenvalue weighted by atomic mass is 19.1. The lowest BCUT2D eigenvalue weighted by molar-refractivity contribution is -0.385. The van der Waals surface area contributed by atoms with Crippen LogP contribution in [-0.4, -0.2) is 45.4 Å². The number of halogens is 1. The Balaban J connectivity index is 2.90. The number of hydrogen-bond donors (Lipinski definition) is 0. The maximum absolute atomic E-state index is 13.5. The van der Waals surface area contributed by atoms with E-state index in [0.717, 1.165) is 12.5 Å². The van der Waals surface area contributed by atoms with Crippen molar-refractivity contribution < 1.29 is 18.8 Å². The summed E-state index contributed by atoms with van der Waals surface area (Å²) in [6.45, 7) is 2.16. The van der Waals surface area contributed by atoms with E-state index >= 15 is 0 Å². The zero-order chi connectivity index (χ0) is 15.0. The van der Waals surface area contributed by atoms with E-state index in [1.165, 1.54) is 12.1 Å². The van der Waals surface area contributed by atoms with Crippen LogP contribution in [-0.2, 0) is 9.47 Å². The normalized spacial score (nSPS) is 10.6. The number of non-ortho nitro benzene ring substituents is 1. The van der Waals surface area contributed by atoms with Crippen LogP contribution in [0.15, 0.2) is 18.2 Å². The number of ether oxygens (including phenoxy) is 2. The Hall–Kier alpha value is -1.73. The number of rotatable bonds is 9. The Kier molecular flexibility index (Phi) is 6.89. The fourth-order valence-electron chi connectivity index (χ4n) is 1.82. The Morgan fingerprint density at radius 3 is 2.50 bits per heavy atom. The van der Waals surface area contributed by atoms with Crippen molar-refractivity contribution in [3.63, 3.8) is 0 Å². The van der Waals surface area contributed by atoms with Crippen molar-refractivity contribution in [1.29, 1.82) is 0 Å². The van der Waals surface area contributed by atoms with Gasteiger partial charge in [-0.1, -0.05) is 0 Å². The second-order valence-corrected chi connectivity index (χ2v) is 4.25. The van der Waals surface area contributed by atoms with Crippen molar-refractivity contribution in [2.24, 2.45) is 0 Å². The summed E-state index contributed by atoms with van der Waals surface area (Å²) in [5.41, 5.74) is 0.221. The molecule has 0 fully saturated rings. The maximum atomic E-state index is 13.5. The smallest absolute Gasteiger partial charge is 0.274 e. The van der Waals surface area contributed by atoms with E-state index in [-0.39, 0.29) is 5.69 Å². The molecule has 7 heteroatoms. The molecular formula is C13H19FN2O4. The lowest BCUT2D eigenvalue weighted by Crippen LogP contribution is -2.29. The van der Waals surface area contributed by atoms with Crippen LogP contribution in [0.4, 0.5) is 15.8 Å². The minimum Gasteiger partial charge on any atom is -0.385 e. The summed E-state index contributed by atoms with van der Waals surface area (Å²) >= 11 is 0. The van der Waals surface area contributed by atoms with Crippen molar-refractivity contribution in [1.82, 2.24) is 0 Å². The Bertz CT molecular complexity index is 442. The molecule has 0 saturated carbocycles. The predicted molar refractivity (Wildman–Crippen MR) is 73.6 cm³/mol. The molecule has 0 aliphatic carbocycles. The van der Waals surface area contributed by atoms with Gasteiger partial charge in [0.25, 0.3) is 5.69 Å². The maximum Gasteiger partial charge on any atom is 0.274 e. The summed E-state index contributed by atoms with van der Waals surface area (Å²) in [7, 11) is 3.17. The molecule has 1 aromatic rings. The van der Waals surface area contributed by atoms with Crippen LogP contribution < -0.4 is 4.90 Å². The van der Waals surface area contributed by atoms with Gasteiger partial charge in [-0.05, 0) is 12.5 Å². The van der Waals surface area contributed by atoms with Gasteiger partial charge in [0.15, 0.2) is 0 Å². The minimum atomic E-state index is -0.622. The molecule has 0 aliphatic rings. The van der Waals surface area contributed by atoms with Gasteiger partial charge in [-0.15, -0.1) is 0 Å². The van der Waals surface area contributed by atoms with Crippen molar-refractivity contribution >= 4 is 11.4 Å². The molecule has 0 aromatic heterocycles. The van der Waals surface area contributed by atoms with Crippen LogP contribution in [0.3, 0.4) is 0 Å². The van der Waals surface area contributed by atoms with Crippen LogP contribution in [0.5, 0.6) is 0 Å². The van der Waals surface area contributed by atoms with E-state index in [0.29, 0.717) is 32.0 Å². The molecule has 0 unspecified atom stereocenters. The van der Waals surface area contributed by atoms with Gasteiger partial charge >= 0.3 is 0 Å². The third-order valence-corrected chi connectivity index (χ3v) is 2.79. The average Bonchev–Trinajstić information content (AvgIpc) is 2.42. The average molecular weight is 286 g/mol. The Morgan fingerprint density at radius 1 is 1.20 bits per heavy atom. The summed E-state index contributed by atoms with van der Waals surface area (Å²) in [5, 5.41) is 10.8. The highest BCUT2D eigenvalue weighted by molar-refractivity contribution is 5.53. The third-order valence-electron chi connectivity index (χ3n) is 2.79. The van der Waals surface area contributed by atoms with Gasteiger partial charge in [0.05, 0.1) is 17.6 Å². The molecule has 1 aromatic carbocycles. The van der Waals surface area contributed by atoms with E-state index in [1.807, 2.05) is 4.90 Å². The van der Waals surface area contributed by atoms with Gasteiger partial charge in [0, 0.05) is 45.7 Å². The third kappa shape index (κ3) is 5.10. The van der Waals surface area contributed by atoms with Gasteiger partial charge in [-0.25, -0.2) is 4.39 Å². The van der Waals surface area contributed by atoms with E-state index in [9.17, 15) is 14.5 Å². The molecule has 0 N–H and O–H groups in total. The van der Waals surface area contributed by atoms with Crippen molar-refractivity contribution in [3.05, 3.63) is 34.1 Å². The zero-order valence-electron chi connectivity index (χ0n) is 11.7. The lowest BCUT2D eigenvalue weighted by atomic mass is 10.2. The summed E-state index contributed by atoms with van der Waals surface area (Å²) < 4.78 is 23.5. The second kappa shape index (κ2) is 8.44. The van der Waals surface area contributed by atoms with Gasteiger partial charge in [0.2, 0.25) is 0 Å². The molecule has 0 bridgehead atoms. The fraction of sp³-hybridized carbons (Fsp3) is 0.538. The van der Waals surface area contributed by atoms with E-state index in [2.05, 4.69) is 0 Å². The van der Waals surface area contributed by atoms with Crippen molar-refractivity contribution in [2.45, 2.75) is 6.42 Å². The lowest BCUT2D eigenvalue weighted by Gasteiger charge is -2.24. The number of nitro groups is 1. The first kappa shape index (κ1) is 16.3. The number of nitro benzene ring substituents is 1. The molecule has 0 aliphatic heterocycles. The minimum absolute atomic E-state index is 0.255. The van der Waals surface area contributed by atoms with Crippen LogP contribution in [0, 0.1) is 15.9 Å². The quantitative estimate of drug-likeness (QED) is 0.395. The van der Waals surface area contributed by atoms with Crippen molar-refractivity contribution in [3.8, 4) is 0 Å². The van der Waals surface area contributed by atoms with Crippen LogP contribution in [0.25, 0.3) is 0 Å². The number of hydrogen-bond acceptors (Lipinski definition) is 5. The molecule has 0 amide bonds. The first-order valence-corrected chi connectivity index (χ1v) is 6.26. The van der Waals surface area contributed by atoms with Crippen LogP contribution >= 0.6 is 0 Å². The topological polar surface area (TPSA) is 64.8 Å². The number of methoxy groups -OCH3 is 2. The highest BCUT2D eigenvalue weighted by Gasteiger charge is 2.14. The number of nitrogens with zero attached hydrogens (tertiary/aromatic N) is 2. The molecule has 20 heavy (non-hydrogen) atoms. The summed E-state index contributed by atoms with van der Waals surface area (Å²) in [5.74, 6) is -0.622. The zero-order valence-corrected chi connectivity index (χ0v) is 11.7. The second-order valence-electron chi connectivity index (χ2n) is 4.25. The van der Waals surface area contributed by atoms with Gasteiger partial charge in [-0.3, -0.25) is 10.1 Å². The molecule has 6 nitrogen and oxygen atoms in total. The standard InChI is InChI=1S/C13H19FN2O4/c1-19-6-3-4-15(5-7-20-2)12-8-11(14)9-13(10-12)16(17)18/h8-10H,3-7H2,1-2H3. The van der Waals surface area contributed by atoms with Gasteiger partial charge in [0.1, 0.15) is 5.82 Å². The largest absolute Gasteiger partial charge is 0.385 e. The molecule has 112 valence electrons. The molecular weight excluding hydrogens is 267 g/mol. The van der Waals surface area contributed by atoms with Crippen LogP contribution in [0.1, 0.15) is 6.42 Å². The number of anilines is 1. The number of benzene rings is 1. The summed E-state index contributed by atoms with van der Waals surface area (Å²) in [6.07, 6.45) is 0.741. The van der Waals surface area contributed by atoms with E-state index in [4.69, 9.17) is 9.47 Å². The summed E-state index contributed by atoms with van der Waals surface area (Å²) in [4.78, 5) is 12.0. The molecule has 0 saturated heterocycles. The monoisotopic (exact) mass is 286 g/mol. The molecule has 0 spiro atoms. The SMILES string of the molecule is COCCCN(CCOC)c1cc(F)cc([N+](=O)[O-])c1. The first-order valence-electron chi connectivity index (χ1n) is 6.26. The van der Waals surface area contributed by atoms with E-state index < -0.39 is 10.7 Å². The van der Waals surface area contributed by atoms with E-state index in [1.54, 1.807) is 14.2 Å². The Morgan fingerprint density at radius 2 is 1.90 bits per heavy atom. The van der Waals surface area contributed by atoms with Gasteiger partial charge in [-0.2, -0.15) is 0 Å².